The van der Waals surface area contributed by atoms with Crippen LogP contribution in [0.3, 0.4) is 0 Å². The summed E-state index contributed by atoms with van der Waals surface area (Å²) in [5.41, 5.74) is 7.21. The average molecular weight is 515 g/mol. The van der Waals surface area contributed by atoms with Gasteiger partial charge in [-0.15, -0.1) is 0 Å². The number of hydrogen-bond acceptors (Lipinski definition) is 7. The molecule has 1 heterocycles. The molecule has 4 aromatic rings. The Morgan fingerprint density at radius 1 is 0.974 bits per heavy atom. The van der Waals surface area contributed by atoms with Gasteiger partial charge >= 0.3 is 11.6 Å². The zero-order chi connectivity index (χ0) is 27.1. The third-order valence-corrected chi connectivity index (χ3v) is 5.91. The van der Waals surface area contributed by atoms with Crippen molar-refractivity contribution in [3.05, 3.63) is 112 Å². The van der Waals surface area contributed by atoms with E-state index in [1.165, 1.54) is 17.9 Å². The zero-order valence-corrected chi connectivity index (χ0v) is 20.5. The van der Waals surface area contributed by atoms with Crippen molar-refractivity contribution in [2.45, 2.75) is 25.8 Å². The Balaban J connectivity index is 1.35. The van der Waals surface area contributed by atoms with Crippen molar-refractivity contribution in [1.82, 2.24) is 10.9 Å². The van der Waals surface area contributed by atoms with Gasteiger partial charge < -0.3 is 14.8 Å². The predicted octanol–water partition coefficient (Wildman–Crippen LogP) is 5.07. The predicted molar refractivity (Wildman–Crippen MR) is 142 cm³/mol. The Morgan fingerprint density at radius 2 is 1.68 bits per heavy atom. The van der Waals surface area contributed by atoms with E-state index in [0.717, 1.165) is 36.2 Å². The Kier molecular flexibility index (Phi) is 8.02. The summed E-state index contributed by atoms with van der Waals surface area (Å²) in [6.45, 7) is 2.13. The highest BCUT2D eigenvalue weighted by Crippen LogP contribution is 2.27. The number of carbonyl (C=O) groups excluding carboxylic acids is 2. The van der Waals surface area contributed by atoms with Crippen molar-refractivity contribution in [3.8, 4) is 16.9 Å². The lowest BCUT2D eigenvalue weighted by Gasteiger charge is -2.15. The number of phenolic OH excluding ortho intramolecular Hbond substituents is 1. The highest BCUT2D eigenvalue weighted by molar-refractivity contribution is 6.01. The van der Waals surface area contributed by atoms with Crippen LogP contribution in [0.2, 0.25) is 0 Å². The molecule has 1 aromatic heterocycles. The molecule has 10 heteroatoms. The quantitative estimate of drug-likeness (QED) is 0.180. The molecule has 4 rings (SSSR count). The third-order valence-electron chi connectivity index (χ3n) is 5.91. The summed E-state index contributed by atoms with van der Waals surface area (Å²) in [6.07, 6.45) is 3.31. The number of aryl methyl sites for hydroxylation is 1. The van der Waals surface area contributed by atoms with Gasteiger partial charge in [0.15, 0.2) is 5.75 Å². The maximum Gasteiger partial charge on any atom is 0.311 e. The average Bonchev–Trinajstić information content (AvgIpc) is 3.42. The van der Waals surface area contributed by atoms with Crippen LogP contribution in [-0.4, -0.2) is 27.9 Å². The van der Waals surface area contributed by atoms with Crippen molar-refractivity contribution >= 4 is 23.2 Å². The number of amides is 2. The lowest BCUT2D eigenvalue weighted by molar-refractivity contribution is -0.385. The van der Waals surface area contributed by atoms with Crippen molar-refractivity contribution < 1.29 is 24.0 Å². The number of hydrogen-bond donors (Lipinski definition) is 4. The summed E-state index contributed by atoms with van der Waals surface area (Å²) in [7, 11) is 0. The van der Waals surface area contributed by atoms with Crippen LogP contribution in [0.5, 0.6) is 5.75 Å². The highest BCUT2D eigenvalue weighted by atomic mass is 16.6. The van der Waals surface area contributed by atoms with E-state index in [-0.39, 0.29) is 17.4 Å². The largest absolute Gasteiger partial charge is 0.502 e. The zero-order valence-electron chi connectivity index (χ0n) is 20.5. The topological polar surface area (TPSA) is 147 Å². The number of carbonyl (C=O) groups is 2. The fourth-order valence-electron chi connectivity index (χ4n) is 3.90. The standard InChI is InChI=1S/C28H26N4O6/c1-18(7-8-19-5-3-2-4-6-19)29-22-12-9-20(10-13-22)23-15-16-38-26(23)28(35)31-30-27(34)21-11-14-25(33)24(17-21)32(36)37/h2-6,9-18,29,33H,7-8H2,1H3,(H,30,34)(H,31,35). The maximum absolute atomic E-state index is 12.7. The molecule has 194 valence electrons. The SMILES string of the molecule is CC(CCc1ccccc1)Nc1ccc(-c2ccoc2C(=O)NNC(=O)c2ccc(O)c([N+](=O)[O-])c2)cc1. The molecular weight excluding hydrogens is 488 g/mol. The number of nitrogens with one attached hydrogen (secondary N) is 3. The van der Waals surface area contributed by atoms with Crippen molar-refractivity contribution in [2.75, 3.05) is 5.32 Å². The van der Waals surface area contributed by atoms with Crippen LogP contribution >= 0.6 is 0 Å². The maximum atomic E-state index is 12.7. The van der Waals surface area contributed by atoms with Crippen molar-refractivity contribution in [2.24, 2.45) is 0 Å². The molecule has 3 aromatic carbocycles. The summed E-state index contributed by atoms with van der Waals surface area (Å²) in [6, 6.07) is 22.9. The molecule has 0 saturated heterocycles. The van der Waals surface area contributed by atoms with Crippen LogP contribution in [0.1, 0.15) is 39.8 Å². The van der Waals surface area contributed by atoms with Crippen LogP contribution in [0.25, 0.3) is 11.1 Å². The van der Waals surface area contributed by atoms with Crippen LogP contribution in [0, 0.1) is 10.1 Å². The number of aromatic hydroxyl groups is 1. The summed E-state index contributed by atoms with van der Waals surface area (Å²) in [4.78, 5) is 35.2. The molecule has 0 fully saturated rings. The molecule has 0 aliphatic heterocycles. The van der Waals surface area contributed by atoms with Gasteiger partial charge in [-0.1, -0.05) is 42.5 Å². The number of anilines is 1. The van der Waals surface area contributed by atoms with Crippen LogP contribution in [-0.2, 0) is 6.42 Å². The number of nitrogens with zero attached hydrogens (tertiary/aromatic N) is 1. The third kappa shape index (κ3) is 6.35. The molecule has 1 unspecified atom stereocenters. The lowest BCUT2D eigenvalue weighted by Crippen LogP contribution is -2.41. The minimum absolute atomic E-state index is 0.0149. The Hall–Kier alpha value is -5.12. The molecule has 0 aliphatic carbocycles. The Morgan fingerprint density at radius 3 is 2.39 bits per heavy atom. The monoisotopic (exact) mass is 514 g/mol. The van der Waals surface area contributed by atoms with Crippen LogP contribution in [0.15, 0.2) is 89.5 Å². The highest BCUT2D eigenvalue weighted by Gasteiger charge is 2.20. The second kappa shape index (κ2) is 11.7. The fraction of sp³-hybridized carbons (Fsp3) is 0.143. The van der Waals surface area contributed by atoms with Crippen LogP contribution in [0.4, 0.5) is 11.4 Å². The van der Waals surface area contributed by atoms with Gasteiger partial charge in [-0.05, 0) is 61.2 Å². The number of nitro benzene ring substituents is 1. The van der Waals surface area contributed by atoms with E-state index in [1.54, 1.807) is 6.07 Å². The molecule has 0 aliphatic rings. The van der Waals surface area contributed by atoms with Gasteiger partial charge in [0.1, 0.15) is 0 Å². The molecule has 0 bridgehead atoms. The smallest absolute Gasteiger partial charge is 0.311 e. The first-order chi connectivity index (χ1) is 18.3. The van der Waals surface area contributed by atoms with E-state index in [1.807, 2.05) is 42.5 Å². The van der Waals surface area contributed by atoms with Gasteiger partial charge in [-0.2, -0.15) is 0 Å². The van der Waals surface area contributed by atoms with Crippen molar-refractivity contribution in [1.29, 1.82) is 0 Å². The Labute approximate surface area is 218 Å². The first-order valence-electron chi connectivity index (χ1n) is 11.9. The molecule has 38 heavy (non-hydrogen) atoms. The molecule has 0 spiro atoms. The molecular formula is C28H26N4O6. The summed E-state index contributed by atoms with van der Waals surface area (Å²) in [5.74, 6) is -2.09. The number of benzene rings is 3. The van der Waals surface area contributed by atoms with E-state index in [4.69, 9.17) is 4.42 Å². The first kappa shape index (κ1) is 26.0. The molecule has 0 radical (unpaired) electrons. The first-order valence-corrected chi connectivity index (χ1v) is 11.9. The number of phenols is 1. The van der Waals surface area contributed by atoms with Gasteiger partial charge in [0.2, 0.25) is 5.76 Å². The second-order valence-electron chi connectivity index (χ2n) is 8.68. The van der Waals surface area contributed by atoms with Gasteiger partial charge in [-0.3, -0.25) is 30.6 Å². The van der Waals surface area contributed by atoms with Gasteiger partial charge in [-0.25, -0.2) is 0 Å². The lowest BCUT2D eigenvalue weighted by atomic mass is 10.0. The second-order valence-corrected chi connectivity index (χ2v) is 8.68. The number of hydrazine groups is 1. The van der Waals surface area contributed by atoms with Gasteiger partial charge in [0.05, 0.1) is 11.2 Å². The van der Waals surface area contributed by atoms with E-state index >= 15 is 0 Å². The van der Waals surface area contributed by atoms with Crippen LogP contribution < -0.4 is 16.2 Å². The summed E-state index contributed by atoms with van der Waals surface area (Å²) in [5, 5.41) is 24.0. The molecule has 2 amide bonds. The number of nitro groups is 1. The fourth-order valence-corrected chi connectivity index (χ4v) is 3.90. The van der Waals surface area contributed by atoms with E-state index in [0.29, 0.717) is 5.56 Å². The summed E-state index contributed by atoms with van der Waals surface area (Å²) < 4.78 is 5.35. The minimum Gasteiger partial charge on any atom is -0.502 e. The van der Waals surface area contributed by atoms with E-state index in [9.17, 15) is 24.8 Å². The number of furan rings is 1. The van der Waals surface area contributed by atoms with E-state index < -0.39 is 28.2 Å². The van der Waals surface area contributed by atoms with E-state index in [2.05, 4.69) is 35.2 Å². The minimum atomic E-state index is -0.813. The summed E-state index contributed by atoms with van der Waals surface area (Å²) >= 11 is 0. The normalized spacial score (nSPS) is 11.4. The number of rotatable bonds is 9. The molecule has 1 atom stereocenters. The van der Waals surface area contributed by atoms with Crippen molar-refractivity contribution in [3.63, 3.8) is 0 Å². The molecule has 10 nitrogen and oxygen atoms in total. The molecule has 4 N–H and O–H groups in total. The Bertz CT molecular complexity index is 1430. The van der Waals surface area contributed by atoms with Gasteiger partial charge in [0, 0.05) is 28.9 Å². The molecule has 0 saturated carbocycles. The van der Waals surface area contributed by atoms with Gasteiger partial charge in [0.25, 0.3) is 5.91 Å².